The van der Waals surface area contributed by atoms with Crippen LogP contribution < -0.4 is 0 Å². The van der Waals surface area contributed by atoms with Gasteiger partial charge < -0.3 is 4.98 Å². The first kappa shape index (κ1) is 23.4. The van der Waals surface area contributed by atoms with E-state index in [1.165, 1.54) is 0 Å². The molecule has 0 saturated carbocycles. The van der Waals surface area contributed by atoms with Crippen molar-refractivity contribution in [3.05, 3.63) is 64.8 Å². The standard InChI is InChI=1S/C26H26Cl2N8/c27-22-3-1-2-18(23(22)28)13-34-10-5-20(6-11-34)35-15-26(16-35,7-8-29)36-14-19(12-33-36)24-21-4-9-30-25(21)32-17-31-24/h1-4,9,12,14,17,20H,5-7,10-11,13,15-16H2,(H,30,31,32). The monoisotopic (exact) mass is 520 g/mol. The van der Waals surface area contributed by atoms with Crippen molar-refractivity contribution >= 4 is 34.2 Å². The van der Waals surface area contributed by atoms with E-state index in [1.54, 1.807) is 6.33 Å². The van der Waals surface area contributed by atoms with Gasteiger partial charge in [0, 0.05) is 49.0 Å². The fourth-order valence-corrected chi connectivity index (χ4v) is 5.99. The van der Waals surface area contributed by atoms with Crippen molar-refractivity contribution in [3.63, 3.8) is 0 Å². The second-order valence-electron chi connectivity index (χ2n) is 9.82. The molecule has 4 aromatic rings. The molecule has 0 aliphatic carbocycles. The number of halogens is 2. The molecule has 2 saturated heterocycles. The molecule has 2 fully saturated rings. The number of nitrogens with one attached hydrogen (secondary N) is 1. The van der Waals surface area contributed by atoms with Crippen LogP contribution in [0.1, 0.15) is 24.8 Å². The van der Waals surface area contributed by atoms with E-state index in [0.717, 1.165) is 73.4 Å². The predicted octanol–water partition coefficient (Wildman–Crippen LogP) is 4.72. The van der Waals surface area contributed by atoms with Crippen LogP contribution in [0, 0.1) is 11.3 Å². The molecule has 0 bridgehead atoms. The van der Waals surface area contributed by atoms with Gasteiger partial charge in [-0.15, -0.1) is 0 Å². The quantitative estimate of drug-likeness (QED) is 0.395. The molecule has 36 heavy (non-hydrogen) atoms. The summed E-state index contributed by atoms with van der Waals surface area (Å²) in [4.78, 5) is 16.9. The molecule has 1 aromatic carbocycles. The van der Waals surface area contributed by atoms with Gasteiger partial charge >= 0.3 is 0 Å². The van der Waals surface area contributed by atoms with Crippen molar-refractivity contribution in [1.82, 2.24) is 34.5 Å². The molecule has 6 rings (SSSR count). The maximum atomic E-state index is 9.62. The van der Waals surface area contributed by atoms with Crippen molar-refractivity contribution < 1.29 is 0 Å². The number of rotatable bonds is 6. The average Bonchev–Trinajstić information content (AvgIpc) is 3.55. The topological polar surface area (TPSA) is 89.7 Å². The molecule has 0 amide bonds. The highest BCUT2D eigenvalue weighted by Gasteiger charge is 2.48. The molecule has 10 heteroatoms. The third kappa shape index (κ3) is 4.16. The Kier molecular flexibility index (Phi) is 6.18. The number of aromatic amines is 1. The van der Waals surface area contributed by atoms with Gasteiger partial charge in [-0.25, -0.2) is 9.97 Å². The number of benzene rings is 1. The number of H-pyrrole nitrogens is 1. The molecule has 8 nitrogen and oxygen atoms in total. The lowest BCUT2D eigenvalue weighted by atomic mass is 9.83. The maximum absolute atomic E-state index is 9.62. The SMILES string of the molecule is N#CCC1(n2cc(-c3ncnc4[nH]ccc34)cn2)CN(C2CCN(Cc3cccc(Cl)c3Cl)CC2)C1. The van der Waals surface area contributed by atoms with Crippen LogP contribution in [0.15, 0.2) is 49.2 Å². The minimum absolute atomic E-state index is 0.303. The molecule has 0 atom stereocenters. The van der Waals surface area contributed by atoms with Crippen LogP contribution in [0.2, 0.25) is 10.0 Å². The van der Waals surface area contributed by atoms with Crippen molar-refractivity contribution in [1.29, 1.82) is 5.26 Å². The van der Waals surface area contributed by atoms with Crippen molar-refractivity contribution in [2.24, 2.45) is 0 Å². The van der Waals surface area contributed by atoms with E-state index in [2.05, 4.69) is 35.9 Å². The number of fused-ring (bicyclic) bond motifs is 1. The molecule has 5 heterocycles. The molecular weight excluding hydrogens is 495 g/mol. The second-order valence-corrected chi connectivity index (χ2v) is 10.6. The lowest BCUT2D eigenvalue weighted by molar-refractivity contribution is -0.0436. The molecule has 0 unspecified atom stereocenters. The molecule has 0 spiro atoms. The average molecular weight is 521 g/mol. The van der Waals surface area contributed by atoms with Crippen LogP contribution in [0.25, 0.3) is 22.3 Å². The third-order valence-electron chi connectivity index (χ3n) is 7.60. The summed E-state index contributed by atoms with van der Waals surface area (Å²) < 4.78 is 1.99. The van der Waals surface area contributed by atoms with Crippen molar-refractivity contribution in [2.75, 3.05) is 26.2 Å². The fourth-order valence-electron chi connectivity index (χ4n) is 5.61. The Hall–Kier alpha value is -2.96. The number of aromatic nitrogens is 5. The maximum Gasteiger partial charge on any atom is 0.141 e. The summed E-state index contributed by atoms with van der Waals surface area (Å²) in [7, 11) is 0. The minimum Gasteiger partial charge on any atom is -0.346 e. The number of likely N-dealkylation sites (tertiary alicyclic amines) is 2. The first-order valence-corrected chi connectivity index (χ1v) is 12.9. The van der Waals surface area contributed by atoms with E-state index in [-0.39, 0.29) is 5.54 Å². The molecule has 184 valence electrons. The summed E-state index contributed by atoms with van der Waals surface area (Å²) in [6.07, 6.45) is 9.92. The zero-order valence-corrected chi connectivity index (χ0v) is 21.3. The van der Waals surface area contributed by atoms with Crippen molar-refractivity contribution in [3.8, 4) is 17.3 Å². The van der Waals surface area contributed by atoms with Crippen LogP contribution >= 0.6 is 23.2 Å². The summed E-state index contributed by atoms with van der Waals surface area (Å²) in [5.74, 6) is 0. The summed E-state index contributed by atoms with van der Waals surface area (Å²) in [5.41, 5.74) is 3.37. The van der Waals surface area contributed by atoms with E-state index >= 15 is 0 Å². The van der Waals surface area contributed by atoms with Gasteiger partial charge in [-0.2, -0.15) is 10.4 Å². The number of piperidine rings is 1. The van der Waals surface area contributed by atoms with E-state index in [9.17, 15) is 5.26 Å². The van der Waals surface area contributed by atoms with Crippen LogP contribution in [-0.4, -0.2) is 66.8 Å². The highest BCUT2D eigenvalue weighted by Crippen LogP contribution is 2.37. The van der Waals surface area contributed by atoms with Gasteiger partial charge in [-0.05, 0) is 43.6 Å². The molecule has 3 aromatic heterocycles. The fraction of sp³-hybridized carbons (Fsp3) is 0.385. The third-order valence-corrected chi connectivity index (χ3v) is 8.46. The van der Waals surface area contributed by atoms with Gasteiger partial charge in [0.1, 0.15) is 17.5 Å². The van der Waals surface area contributed by atoms with Crippen molar-refractivity contribution in [2.45, 2.75) is 37.4 Å². The number of nitrogens with zero attached hydrogens (tertiary/aromatic N) is 7. The summed E-state index contributed by atoms with van der Waals surface area (Å²) in [5, 5.41) is 16.5. The van der Waals surface area contributed by atoms with Gasteiger partial charge in [-0.1, -0.05) is 35.3 Å². The van der Waals surface area contributed by atoms with Crippen LogP contribution in [-0.2, 0) is 12.1 Å². The van der Waals surface area contributed by atoms with E-state index in [4.69, 9.17) is 23.2 Å². The first-order valence-electron chi connectivity index (χ1n) is 12.2. The molecular formula is C26H26Cl2N8. The van der Waals surface area contributed by atoms with E-state index < -0.39 is 0 Å². The highest BCUT2D eigenvalue weighted by molar-refractivity contribution is 6.42. The Labute approximate surface area is 219 Å². The first-order chi connectivity index (χ1) is 17.6. The number of nitriles is 1. The largest absolute Gasteiger partial charge is 0.346 e. The van der Waals surface area contributed by atoms with Gasteiger partial charge in [-0.3, -0.25) is 14.5 Å². The smallest absolute Gasteiger partial charge is 0.141 e. The number of hydrogen-bond acceptors (Lipinski definition) is 6. The van der Waals surface area contributed by atoms with E-state index in [0.29, 0.717) is 22.5 Å². The Bertz CT molecular complexity index is 1420. The second kappa shape index (κ2) is 9.49. The molecule has 2 aliphatic rings. The zero-order valence-electron chi connectivity index (χ0n) is 19.7. The molecule has 1 N–H and O–H groups in total. The van der Waals surface area contributed by atoms with Gasteiger partial charge in [0.2, 0.25) is 0 Å². The van der Waals surface area contributed by atoms with E-state index in [1.807, 2.05) is 47.5 Å². The highest BCUT2D eigenvalue weighted by atomic mass is 35.5. The van der Waals surface area contributed by atoms with Crippen LogP contribution in [0.5, 0.6) is 0 Å². The zero-order chi connectivity index (χ0) is 24.7. The minimum atomic E-state index is -0.303. The normalized spacial score (nSPS) is 18.8. The van der Waals surface area contributed by atoms with Crippen LogP contribution in [0.3, 0.4) is 0 Å². The Morgan fingerprint density at radius 2 is 1.97 bits per heavy atom. The summed E-state index contributed by atoms with van der Waals surface area (Å²) in [6.45, 7) is 4.51. The van der Waals surface area contributed by atoms with Gasteiger partial charge in [0.25, 0.3) is 0 Å². The van der Waals surface area contributed by atoms with Crippen LogP contribution in [0.4, 0.5) is 0 Å². The Morgan fingerprint density at radius 3 is 2.78 bits per heavy atom. The summed E-state index contributed by atoms with van der Waals surface area (Å²) >= 11 is 12.6. The summed E-state index contributed by atoms with van der Waals surface area (Å²) in [6, 6.07) is 10.7. The molecule has 0 radical (unpaired) electrons. The lowest BCUT2D eigenvalue weighted by Gasteiger charge is -2.53. The lowest BCUT2D eigenvalue weighted by Crippen LogP contribution is -2.66. The van der Waals surface area contributed by atoms with Gasteiger partial charge in [0.15, 0.2) is 0 Å². The van der Waals surface area contributed by atoms with Gasteiger partial charge in [0.05, 0.1) is 34.4 Å². The Balaban J connectivity index is 1.11. The number of hydrogen-bond donors (Lipinski definition) is 1. The predicted molar refractivity (Wildman–Crippen MR) is 140 cm³/mol. The molecule has 2 aliphatic heterocycles. The Morgan fingerprint density at radius 1 is 1.14 bits per heavy atom.